The number of esters is 1. The molecule has 2 aliphatic carbocycles. The van der Waals surface area contributed by atoms with Crippen molar-refractivity contribution in [1.29, 1.82) is 0 Å². The van der Waals surface area contributed by atoms with Gasteiger partial charge < -0.3 is 24.3 Å². The highest BCUT2D eigenvalue weighted by Crippen LogP contribution is 2.51. The van der Waals surface area contributed by atoms with Crippen LogP contribution in [-0.2, 0) is 14.3 Å². The van der Waals surface area contributed by atoms with Crippen LogP contribution in [0.15, 0.2) is 58.9 Å². The van der Waals surface area contributed by atoms with E-state index < -0.39 is 11.9 Å². The molecule has 1 aliphatic heterocycles. The smallest absolute Gasteiger partial charge is 0.337 e. The van der Waals surface area contributed by atoms with E-state index >= 15 is 0 Å². The molecule has 1 saturated carbocycles. The lowest BCUT2D eigenvalue weighted by molar-refractivity contribution is -0.144. The molecule has 2 atom stereocenters. The molecule has 1 N–H and O–H groups in total. The fraction of sp³-hybridized carbons (Fsp3) is 0.419. The molecule has 2 aromatic carbocycles. The number of carbonyl (C=O) groups is 2. The first-order chi connectivity index (χ1) is 18.9. The molecule has 2 aromatic rings. The predicted molar refractivity (Wildman–Crippen MR) is 143 cm³/mol. The largest absolute Gasteiger partial charge is 0.493 e. The molecule has 3 aliphatic rings. The Morgan fingerprint density at radius 3 is 2.26 bits per heavy atom. The summed E-state index contributed by atoms with van der Waals surface area (Å²) < 4.78 is 36.5. The Morgan fingerprint density at radius 1 is 0.923 bits per heavy atom. The quantitative estimate of drug-likeness (QED) is 0.456. The average molecular weight is 536 g/mol. The van der Waals surface area contributed by atoms with E-state index in [1.807, 2.05) is 13.0 Å². The zero-order valence-electron chi connectivity index (χ0n) is 22.8. The lowest BCUT2D eigenvalue weighted by Crippen LogP contribution is -2.36. The zero-order valence-corrected chi connectivity index (χ0v) is 22.8. The minimum Gasteiger partial charge on any atom is -0.493 e. The summed E-state index contributed by atoms with van der Waals surface area (Å²) >= 11 is 0. The van der Waals surface area contributed by atoms with Gasteiger partial charge in [0.15, 0.2) is 17.3 Å². The van der Waals surface area contributed by atoms with Crippen molar-refractivity contribution in [3.05, 3.63) is 75.9 Å². The summed E-state index contributed by atoms with van der Waals surface area (Å²) in [5.74, 6) is -0.421. The first-order valence-corrected chi connectivity index (χ1v) is 13.4. The molecule has 206 valence electrons. The van der Waals surface area contributed by atoms with Gasteiger partial charge in [-0.25, -0.2) is 9.18 Å². The zero-order chi connectivity index (χ0) is 27.7. The highest BCUT2D eigenvalue weighted by Gasteiger charge is 2.43. The number of allylic oxidation sites excluding steroid dienone is 3. The molecule has 39 heavy (non-hydrogen) atoms. The third kappa shape index (κ3) is 5.00. The molecule has 0 radical (unpaired) electrons. The van der Waals surface area contributed by atoms with Crippen LogP contribution in [0.5, 0.6) is 17.2 Å². The van der Waals surface area contributed by atoms with Crippen LogP contribution in [0.4, 0.5) is 4.39 Å². The average Bonchev–Trinajstić information content (AvgIpc) is 3.44. The van der Waals surface area contributed by atoms with Crippen molar-refractivity contribution in [3.63, 3.8) is 0 Å². The summed E-state index contributed by atoms with van der Waals surface area (Å²) in [6.45, 7) is 1.83. The first kappa shape index (κ1) is 26.8. The van der Waals surface area contributed by atoms with Crippen LogP contribution < -0.4 is 19.5 Å². The topological polar surface area (TPSA) is 83.1 Å². The first-order valence-electron chi connectivity index (χ1n) is 13.4. The predicted octanol–water partition coefficient (Wildman–Crippen LogP) is 5.70. The monoisotopic (exact) mass is 535 g/mol. The maximum absolute atomic E-state index is 13.9. The van der Waals surface area contributed by atoms with Crippen LogP contribution in [0.1, 0.15) is 68.4 Å². The number of methoxy groups -OCH3 is 3. The second kappa shape index (κ2) is 11.1. The molecule has 0 unspecified atom stereocenters. The maximum atomic E-state index is 13.9. The number of carbonyl (C=O) groups excluding carboxylic acids is 2. The van der Waals surface area contributed by atoms with E-state index in [9.17, 15) is 14.0 Å². The summed E-state index contributed by atoms with van der Waals surface area (Å²) in [5.41, 5.74) is 3.80. The molecule has 0 saturated heterocycles. The number of benzene rings is 2. The van der Waals surface area contributed by atoms with Gasteiger partial charge in [-0.05, 0) is 68.7 Å². The van der Waals surface area contributed by atoms with E-state index in [2.05, 4.69) is 5.32 Å². The second-order valence-electron chi connectivity index (χ2n) is 10.3. The number of hydrogen-bond donors (Lipinski definition) is 1. The Bertz CT molecular complexity index is 1340. The summed E-state index contributed by atoms with van der Waals surface area (Å²) in [4.78, 5) is 27.7. The highest BCUT2D eigenvalue weighted by atomic mass is 19.1. The van der Waals surface area contributed by atoms with E-state index in [1.54, 1.807) is 18.2 Å². The van der Waals surface area contributed by atoms with Crippen LogP contribution in [0, 0.1) is 5.82 Å². The molecule has 5 rings (SSSR count). The highest BCUT2D eigenvalue weighted by molar-refractivity contribution is 6.04. The molecular formula is C31H34FNO6. The Balaban J connectivity index is 1.63. The molecule has 0 amide bonds. The van der Waals surface area contributed by atoms with Gasteiger partial charge in [0, 0.05) is 29.0 Å². The normalized spacial score (nSPS) is 21.4. The minimum absolute atomic E-state index is 0.0846. The van der Waals surface area contributed by atoms with Crippen molar-refractivity contribution >= 4 is 11.8 Å². The lowest BCUT2D eigenvalue weighted by atomic mass is 9.71. The molecular weight excluding hydrogens is 501 g/mol. The van der Waals surface area contributed by atoms with Gasteiger partial charge in [-0.1, -0.05) is 18.2 Å². The second-order valence-corrected chi connectivity index (χ2v) is 10.3. The van der Waals surface area contributed by atoms with E-state index in [1.165, 1.54) is 33.5 Å². The summed E-state index contributed by atoms with van der Waals surface area (Å²) in [7, 11) is 4.58. The molecule has 7 nitrogen and oxygen atoms in total. The van der Waals surface area contributed by atoms with Crippen molar-refractivity contribution < 1.29 is 32.9 Å². The van der Waals surface area contributed by atoms with Crippen LogP contribution in [0.2, 0.25) is 0 Å². The van der Waals surface area contributed by atoms with Gasteiger partial charge in [-0.15, -0.1) is 0 Å². The van der Waals surface area contributed by atoms with Gasteiger partial charge in [0.1, 0.15) is 11.9 Å². The number of rotatable bonds is 7. The van der Waals surface area contributed by atoms with Crippen molar-refractivity contribution in [2.24, 2.45) is 0 Å². The maximum Gasteiger partial charge on any atom is 0.337 e. The molecule has 0 bridgehead atoms. The number of Topliss-reactive ketones (excluding diaryl/α,β-unsaturated/α-hetero) is 1. The van der Waals surface area contributed by atoms with Gasteiger partial charge in [0.25, 0.3) is 0 Å². The Hall–Kier alpha value is -3.81. The van der Waals surface area contributed by atoms with Crippen LogP contribution >= 0.6 is 0 Å². The van der Waals surface area contributed by atoms with Crippen molar-refractivity contribution in [1.82, 2.24) is 5.32 Å². The Morgan fingerprint density at radius 2 is 1.62 bits per heavy atom. The van der Waals surface area contributed by atoms with Crippen molar-refractivity contribution in [2.75, 3.05) is 21.3 Å². The van der Waals surface area contributed by atoms with Crippen molar-refractivity contribution in [2.45, 2.75) is 63.4 Å². The number of hydrogen-bond acceptors (Lipinski definition) is 7. The molecule has 1 heterocycles. The fourth-order valence-electron chi connectivity index (χ4n) is 6.16. The lowest BCUT2D eigenvalue weighted by Gasteiger charge is -2.37. The van der Waals surface area contributed by atoms with E-state index in [0.717, 1.165) is 36.9 Å². The molecule has 0 aromatic heterocycles. The van der Waals surface area contributed by atoms with Crippen molar-refractivity contribution in [3.8, 4) is 17.2 Å². The van der Waals surface area contributed by atoms with Gasteiger partial charge in [0.05, 0.1) is 32.8 Å². The van der Waals surface area contributed by atoms with E-state index in [-0.39, 0.29) is 30.0 Å². The van der Waals surface area contributed by atoms with Gasteiger partial charge in [-0.3, -0.25) is 4.79 Å². The number of ether oxygens (including phenoxy) is 4. The number of nitrogens with one attached hydrogen (secondary N) is 1. The SMILES string of the molecule is COc1ccc([C@@H]2C(C(=O)OC3CCCC3)=C(C)NC3=C2C(=O)C[C@H](c2ccc(F)cc2)C3)c(OC)c1OC. The van der Waals surface area contributed by atoms with E-state index in [0.29, 0.717) is 46.1 Å². The third-order valence-electron chi connectivity index (χ3n) is 8.01. The summed E-state index contributed by atoms with van der Waals surface area (Å²) in [5, 5.41) is 3.37. The number of halogens is 1. The summed E-state index contributed by atoms with van der Waals surface area (Å²) in [6.07, 6.45) is 4.37. The number of dihydropyridines is 1. The fourth-order valence-corrected chi connectivity index (χ4v) is 6.16. The van der Waals surface area contributed by atoms with Gasteiger partial charge in [-0.2, -0.15) is 0 Å². The molecule has 1 fully saturated rings. The van der Waals surface area contributed by atoms with Gasteiger partial charge >= 0.3 is 5.97 Å². The minimum atomic E-state index is -0.716. The van der Waals surface area contributed by atoms with Gasteiger partial charge in [0.2, 0.25) is 5.75 Å². The number of ketones is 1. The third-order valence-corrected chi connectivity index (χ3v) is 8.01. The standard InChI is InChI=1S/C31H34FNO6/c1-17-26(31(35)39-21-7-5-6-8-21)27(22-13-14-25(36-2)30(38-4)29(22)37-3)28-23(33-17)15-19(16-24(28)34)18-9-11-20(32)12-10-18/h9-14,19,21,27,33H,5-8,15-16H2,1-4H3/t19-,27-/m1/s1. The van der Waals surface area contributed by atoms with Crippen LogP contribution in [0.3, 0.4) is 0 Å². The molecule has 0 spiro atoms. The van der Waals surface area contributed by atoms with Crippen LogP contribution in [0.25, 0.3) is 0 Å². The summed E-state index contributed by atoms with van der Waals surface area (Å²) in [6, 6.07) is 9.85. The Kier molecular flexibility index (Phi) is 7.64. The van der Waals surface area contributed by atoms with Crippen LogP contribution in [-0.4, -0.2) is 39.2 Å². The Labute approximate surface area is 228 Å². The van der Waals surface area contributed by atoms with E-state index in [4.69, 9.17) is 18.9 Å². The molecule has 8 heteroatoms.